The number of anilines is 1. The molecule has 0 atom stereocenters. The molecule has 0 spiro atoms. The van der Waals surface area contributed by atoms with Crippen molar-refractivity contribution in [2.24, 2.45) is 0 Å². The van der Waals surface area contributed by atoms with Gasteiger partial charge in [-0.1, -0.05) is 23.9 Å². The maximum Gasteiger partial charge on any atom is 0.265 e. The Hall–Kier alpha value is -1.42. The van der Waals surface area contributed by atoms with Crippen LogP contribution in [0.4, 0.5) is 5.69 Å². The van der Waals surface area contributed by atoms with Crippen molar-refractivity contribution in [1.29, 1.82) is 0 Å². The molecular formula is C11H11NO2S. The first-order valence-electron chi connectivity index (χ1n) is 4.71. The zero-order valence-electron chi connectivity index (χ0n) is 8.32. The number of nitrogens with one attached hydrogen (secondary N) is 1. The van der Waals surface area contributed by atoms with Gasteiger partial charge in [0.15, 0.2) is 0 Å². The minimum atomic E-state index is -0.104. The number of carbonyl (C=O) groups is 1. The van der Waals surface area contributed by atoms with Gasteiger partial charge in [0.2, 0.25) is 0 Å². The Kier molecular flexibility index (Phi) is 2.97. The van der Waals surface area contributed by atoms with Gasteiger partial charge in [-0.15, -0.1) is 0 Å². The van der Waals surface area contributed by atoms with Crippen LogP contribution < -0.4 is 5.32 Å². The third-order valence-electron chi connectivity index (χ3n) is 1.94. The molecule has 0 saturated carbocycles. The summed E-state index contributed by atoms with van der Waals surface area (Å²) in [6.45, 7) is 2.45. The van der Waals surface area contributed by atoms with Crippen molar-refractivity contribution < 1.29 is 9.53 Å². The number of carbonyl (C=O) groups excluding carboxylic acids is 1. The maximum atomic E-state index is 11.6. The highest BCUT2D eigenvalue weighted by molar-refractivity contribution is 8.04. The molecular weight excluding hydrogens is 210 g/mol. The van der Waals surface area contributed by atoms with Gasteiger partial charge in [0.25, 0.3) is 5.91 Å². The highest BCUT2D eigenvalue weighted by atomic mass is 32.2. The largest absolute Gasteiger partial charge is 0.500 e. The summed E-state index contributed by atoms with van der Waals surface area (Å²) >= 11 is 1.43. The molecule has 1 N–H and O–H groups in total. The van der Waals surface area contributed by atoms with Gasteiger partial charge in [-0.25, -0.2) is 0 Å². The van der Waals surface area contributed by atoms with E-state index in [0.717, 1.165) is 10.6 Å². The smallest absolute Gasteiger partial charge is 0.265 e. The van der Waals surface area contributed by atoms with Crippen LogP contribution in [0.3, 0.4) is 0 Å². The molecule has 0 bridgehead atoms. The topological polar surface area (TPSA) is 38.3 Å². The molecule has 4 heteroatoms. The lowest BCUT2D eigenvalue weighted by Gasteiger charge is -2.17. The molecule has 0 unspecified atom stereocenters. The first-order valence-corrected chi connectivity index (χ1v) is 5.53. The zero-order valence-corrected chi connectivity index (χ0v) is 9.14. The normalized spacial score (nSPS) is 17.1. The second-order valence-corrected chi connectivity index (χ2v) is 4.07. The quantitative estimate of drug-likeness (QED) is 0.616. The fourth-order valence-electron chi connectivity index (χ4n) is 1.24. The lowest BCUT2D eigenvalue weighted by Crippen LogP contribution is -2.17. The standard InChI is InChI=1S/C11H11NO2S/c1-2-14-7-10-11(13)12-8-5-3-4-6-9(8)15-10/h3-7H,2H2,1H3,(H,12,13)/b10-7+. The van der Waals surface area contributed by atoms with Gasteiger partial charge >= 0.3 is 0 Å². The van der Waals surface area contributed by atoms with E-state index < -0.39 is 0 Å². The van der Waals surface area contributed by atoms with E-state index in [0.29, 0.717) is 11.5 Å². The molecule has 15 heavy (non-hydrogen) atoms. The molecule has 1 amide bonds. The molecule has 1 aliphatic rings. The summed E-state index contributed by atoms with van der Waals surface area (Å²) in [4.78, 5) is 13.2. The third-order valence-corrected chi connectivity index (χ3v) is 3.01. The Bertz CT molecular complexity index is 415. The number of hydrogen-bond acceptors (Lipinski definition) is 3. The summed E-state index contributed by atoms with van der Waals surface area (Å²) < 4.78 is 5.11. The molecule has 2 rings (SSSR count). The highest BCUT2D eigenvalue weighted by Crippen LogP contribution is 2.37. The molecule has 0 saturated heterocycles. The fraction of sp³-hybridized carbons (Fsp3) is 0.182. The SMILES string of the molecule is CCO/C=C1/Sc2ccccc2NC1=O. The van der Waals surface area contributed by atoms with Gasteiger partial charge in [0, 0.05) is 4.90 Å². The molecule has 0 aliphatic carbocycles. The number of rotatable bonds is 2. The van der Waals surface area contributed by atoms with Crippen molar-refractivity contribution in [3.8, 4) is 0 Å². The van der Waals surface area contributed by atoms with Gasteiger partial charge in [0.05, 0.1) is 12.3 Å². The Morgan fingerprint density at radius 1 is 1.47 bits per heavy atom. The van der Waals surface area contributed by atoms with Gasteiger partial charge in [0.1, 0.15) is 11.2 Å². The van der Waals surface area contributed by atoms with Crippen molar-refractivity contribution in [3.63, 3.8) is 0 Å². The zero-order chi connectivity index (χ0) is 10.7. The number of hydrogen-bond donors (Lipinski definition) is 1. The van der Waals surface area contributed by atoms with Crippen LogP contribution in [0.15, 0.2) is 40.3 Å². The summed E-state index contributed by atoms with van der Waals surface area (Å²) in [5, 5.41) is 2.81. The number of fused-ring (bicyclic) bond motifs is 1. The van der Waals surface area contributed by atoms with Gasteiger partial charge < -0.3 is 10.1 Å². The van der Waals surface area contributed by atoms with E-state index >= 15 is 0 Å². The lowest BCUT2D eigenvalue weighted by atomic mass is 10.3. The van der Waals surface area contributed by atoms with Gasteiger partial charge in [-0.3, -0.25) is 4.79 Å². The van der Waals surface area contributed by atoms with E-state index in [1.165, 1.54) is 18.0 Å². The Morgan fingerprint density at radius 2 is 2.27 bits per heavy atom. The van der Waals surface area contributed by atoms with Crippen LogP contribution >= 0.6 is 11.8 Å². The van der Waals surface area contributed by atoms with Crippen molar-refractivity contribution >= 4 is 23.4 Å². The molecule has 1 aliphatic heterocycles. The molecule has 0 aromatic heterocycles. The Morgan fingerprint density at radius 3 is 3.07 bits per heavy atom. The molecule has 0 fully saturated rings. The summed E-state index contributed by atoms with van der Waals surface area (Å²) in [5.74, 6) is -0.104. The molecule has 0 radical (unpaired) electrons. The van der Waals surface area contributed by atoms with Crippen LogP contribution in [0, 0.1) is 0 Å². The van der Waals surface area contributed by atoms with Crippen LogP contribution in [0.25, 0.3) is 0 Å². The van der Waals surface area contributed by atoms with Gasteiger partial charge in [-0.05, 0) is 19.1 Å². The molecule has 1 aromatic rings. The van der Waals surface area contributed by atoms with Crippen LogP contribution in [0.2, 0.25) is 0 Å². The van der Waals surface area contributed by atoms with Crippen molar-refractivity contribution in [2.45, 2.75) is 11.8 Å². The monoisotopic (exact) mass is 221 g/mol. The van der Waals surface area contributed by atoms with Crippen LogP contribution in [0.5, 0.6) is 0 Å². The molecule has 3 nitrogen and oxygen atoms in total. The highest BCUT2D eigenvalue weighted by Gasteiger charge is 2.20. The van der Waals surface area contributed by atoms with E-state index in [9.17, 15) is 4.79 Å². The second kappa shape index (κ2) is 4.40. The lowest BCUT2D eigenvalue weighted by molar-refractivity contribution is -0.112. The average Bonchev–Trinajstić information content (AvgIpc) is 2.26. The number of ether oxygens (including phenoxy) is 1. The number of benzene rings is 1. The predicted octanol–water partition coefficient (Wildman–Crippen LogP) is 2.61. The van der Waals surface area contributed by atoms with Gasteiger partial charge in [-0.2, -0.15) is 0 Å². The van der Waals surface area contributed by atoms with Crippen molar-refractivity contribution in [1.82, 2.24) is 0 Å². The van der Waals surface area contributed by atoms with Crippen molar-refractivity contribution in [2.75, 3.05) is 11.9 Å². The Labute approximate surface area is 92.5 Å². The number of thioether (sulfide) groups is 1. The predicted molar refractivity (Wildman–Crippen MR) is 60.6 cm³/mol. The minimum Gasteiger partial charge on any atom is -0.500 e. The number of para-hydroxylation sites is 1. The fourth-order valence-corrected chi connectivity index (χ4v) is 2.12. The second-order valence-electron chi connectivity index (χ2n) is 2.99. The number of amides is 1. The van der Waals surface area contributed by atoms with E-state index in [1.807, 2.05) is 31.2 Å². The minimum absolute atomic E-state index is 0.104. The van der Waals surface area contributed by atoms with E-state index in [1.54, 1.807) is 0 Å². The van der Waals surface area contributed by atoms with Crippen LogP contribution in [-0.4, -0.2) is 12.5 Å². The Balaban J connectivity index is 2.26. The average molecular weight is 221 g/mol. The first-order chi connectivity index (χ1) is 7.31. The van der Waals surface area contributed by atoms with Crippen LogP contribution in [-0.2, 0) is 9.53 Å². The van der Waals surface area contributed by atoms with Crippen molar-refractivity contribution in [3.05, 3.63) is 35.4 Å². The summed E-state index contributed by atoms with van der Waals surface area (Å²) in [7, 11) is 0. The summed E-state index contributed by atoms with van der Waals surface area (Å²) in [5.41, 5.74) is 0.862. The van der Waals surface area contributed by atoms with E-state index in [-0.39, 0.29) is 5.91 Å². The summed E-state index contributed by atoms with van der Waals surface area (Å²) in [6.07, 6.45) is 1.51. The van der Waals surface area contributed by atoms with E-state index in [4.69, 9.17) is 4.74 Å². The molecule has 1 heterocycles. The summed E-state index contributed by atoms with van der Waals surface area (Å²) in [6, 6.07) is 7.70. The molecule has 78 valence electrons. The molecule has 1 aromatic carbocycles. The van der Waals surface area contributed by atoms with Crippen LogP contribution in [0.1, 0.15) is 6.92 Å². The maximum absolute atomic E-state index is 11.6. The third kappa shape index (κ3) is 2.15. The first kappa shape index (κ1) is 10.1. The van der Waals surface area contributed by atoms with E-state index in [2.05, 4.69) is 5.32 Å².